The predicted octanol–water partition coefficient (Wildman–Crippen LogP) is 2.29. The van der Waals surface area contributed by atoms with E-state index in [0.29, 0.717) is 0 Å². The second-order valence-corrected chi connectivity index (χ2v) is 3.81. The topological polar surface area (TPSA) is 12.4 Å². The maximum atomic E-state index is 7.08. The maximum absolute atomic E-state index is 7.08. The van der Waals surface area contributed by atoms with Gasteiger partial charge in [0.25, 0.3) is 0 Å². The molecule has 1 unspecified atom stereocenters. The van der Waals surface area contributed by atoms with Gasteiger partial charge in [0, 0.05) is 0 Å². The molecule has 0 amide bonds. The third kappa shape index (κ3) is 3.58. The molecule has 0 aromatic rings. The molecule has 0 aliphatic carbocycles. The van der Waals surface area contributed by atoms with Gasteiger partial charge in [-0.3, -0.25) is 0 Å². The van der Waals surface area contributed by atoms with Gasteiger partial charge in [0.15, 0.2) is 0 Å². The van der Waals surface area contributed by atoms with Crippen LogP contribution in [0.25, 0.3) is 0 Å². The van der Waals surface area contributed by atoms with Gasteiger partial charge < -0.3 is 0 Å². The zero-order chi connectivity index (χ0) is 7.33. The van der Waals surface area contributed by atoms with E-state index < -0.39 is 0 Å². The monoisotopic (exact) mass is 223 g/mol. The van der Waals surface area contributed by atoms with Gasteiger partial charge in [0.1, 0.15) is 0 Å². The van der Waals surface area contributed by atoms with Crippen molar-refractivity contribution in [2.75, 3.05) is 0 Å². The Bertz CT molecular complexity index is 101. The van der Waals surface area contributed by atoms with Crippen molar-refractivity contribution in [1.29, 1.82) is 0 Å². The van der Waals surface area contributed by atoms with Crippen LogP contribution in [0.3, 0.4) is 0 Å². The van der Waals surface area contributed by atoms with Gasteiger partial charge >= 0.3 is 66.7 Å². The van der Waals surface area contributed by atoms with Crippen LogP contribution in [0.4, 0.5) is 0 Å². The van der Waals surface area contributed by atoms with E-state index in [2.05, 4.69) is 34.4 Å². The molecule has 0 saturated carbocycles. The first-order chi connectivity index (χ1) is 4.18. The van der Waals surface area contributed by atoms with Crippen molar-refractivity contribution in [3.63, 3.8) is 0 Å². The first-order valence-electron chi connectivity index (χ1n) is 3.29. The van der Waals surface area contributed by atoms with E-state index in [0.717, 1.165) is 12.8 Å². The summed E-state index contributed by atoms with van der Waals surface area (Å²) >= 11 is 2.12. The molecule has 1 nitrogen and oxygen atoms in total. The first-order valence-corrected chi connectivity index (χ1v) is 3.66. The van der Waals surface area contributed by atoms with Crippen molar-refractivity contribution >= 4 is 30.2 Å². The Balaban J connectivity index is 3.76. The van der Waals surface area contributed by atoms with Crippen LogP contribution in [0.2, 0.25) is 0 Å². The number of halogens is 1. The Kier molecular flexibility index (Phi) is 3.01. The molecule has 0 spiro atoms. The van der Waals surface area contributed by atoms with Crippen LogP contribution in [0.15, 0.2) is 4.90 Å². The summed E-state index contributed by atoms with van der Waals surface area (Å²) in [4.78, 5) is 3.63. The van der Waals surface area contributed by atoms with E-state index in [1.165, 1.54) is 0 Å². The zero-order valence-corrected chi connectivity index (χ0v) is 7.18. The summed E-state index contributed by atoms with van der Waals surface area (Å²) in [5.74, 6) is 0. The van der Waals surface area contributed by atoms with E-state index in [1.54, 1.807) is 0 Å². The van der Waals surface area contributed by atoms with Crippen molar-refractivity contribution in [2.24, 2.45) is 4.90 Å². The summed E-state index contributed by atoms with van der Waals surface area (Å²) in [5.41, 5.74) is 0. The average Bonchev–Trinajstić information content (AvgIpc) is 1.89. The van der Waals surface area contributed by atoms with Crippen LogP contribution in [0, 0.1) is 0 Å². The van der Waals surface area contributed by atoms with Gasteiger partial charge in [-0.25, -0.2) is 0 Å². The Morgan fingerprint density at radius 3 is 2.75 bits per heavy atom. The molecule has 1 radical (unpaired) electrons. The Labute approximate surface area is 66.9 Å². The molecule has 0 saturated heterocycles. The van der Waals surface area contributed by atoms with Crippen molar-refractivity contribution in [3.05, 3.63) is 0 Å². The summed E-state index contributed by atoms with van der Waals surface area (Å²) < 4.78 is 6.75. The number of hydrogen-bond acceptors (Lipinski definition) is 1. The fourth-order valence-electron chi connectivity index (χ4n) is 0.448. The summed E-state index contributed by atoms with van der Waals surface area (Å²) in [6.07, 6.45) is 1.93. The van der Waals surface area contributed by atoms with Crippen LogP contribution < -0.4 is 0 Å². The summed E-state index contributed by atoms with van der Waals surface area (Å²) in [6, 6.07) is 0. The Morgan fingerprint density at radius 1 is 2.00 bits per heavy atom. The quantitative estimate of drug-likeness (QED) is 0.301. The molecule has 0 rings (SSSR count). The fourth-order valence-corrected chi connectivity index (χ4v) is 0.987. The van der Waals surface area contributed by atoms with Crippen LogP contribution in [0.5, 0.6) is 0 Å². The van der Waals surface area contributed by atoms with Gasteiger partial charge in [0.05, 0.1) is 0 Å². The van der Waals surface area contributed by atoms with Crippen LogP contribution in [0.1, 0.15) is 28.0 Å². The van der Waals surface area contributed by atoms with E-state index in [9.17, 15) is 0 Å². The molecule has 3 heteroatoms. The molecule has 0 aromatic carbocycles. The van der Waals surface area contributed by atoms with Crippen LogP contribution in [-0.2, 0) is 0 Å². The Hall–Kier alpha value is 0.595. The van der Waals surface area contributed by atoms with Crippen molar-refractivity contribution < 1.29 is 1.37 Å². The number of alkyl halides is 1. The minimum atomic E-state index is -0.327. The second-order valence-electron chi connectivity index (χ2n) is 1.80. The average molecular weight is 223 g/mol. The Morgan fingerprint density at radius 2 is 2.62 bits per heavy atom. The molecule has 0 fully saturated rings. The fraction of sp³-hybridized carbons (Fsp3) is 1.00. The number of nitrogens with zero attached hydrogens (tertiary/aromatic N) is 1. The predicted molar refractivity (Wildman–Crippen MR) is 45.5 cm³/mol. The van der Waals surface area contributed by atoms with Gasteiger partial charge in [-0.1, -0.05) is 0 Å². The molecule has 8 heavy (non-hydrogen) atoms. The molecule has 0 bridgehead atoms. The molecule has 45 valence electrons. The van der Waals surface area contributed by atoms with E-state index in [-0.39, 0.29) is 10.4 Å². The zero-order valence-electron chi connectivity index (χ0n) is 6.02. The summed E-state index contributed by atoms with van der Waals surface area (Å²) in [7, 11) is 5.10. The second kappa shape index (κ2) is 3.59. The molecular weight excluding hydrogens is 212 g/mol. The van der Waals surface area contributed by atoms with E-state index >= 15 is 0 Å². The van der Waals surface area contributed by atoms with Gasteiger partial charge in [-0.2, -0.15) is 0 Å². The number of rotatable bonds is 3. The van der Waals surface area contributed by atoms with Crippen molar-refractivity contribution in [2.45, 2.75) is 30.2 Å². The minimum absolute atomic E-state index is 0.276. The molecule has 0 aromatic heterocycles. The van der Waals surface area contributed by atoms with Crippen molar-refractivity contribution in [1.82, 2.24) is 0 Å². The third-order valence-electron chi connectivity index (χ3n) is 0.864. The molecule has 0 heterocycles. The summed E-state index contributed by atoms with van der Waals surface area (Å²) in [6.45, 7) is 2.34. The molecule has 1 atom stereocenters. The van der Waals surface area contributed by atoms with E-state index in [4.69, 9.17) is 9.01 Å². The summed E-state index contributed by atoms with van der Waals surface area (Å²) in [5, 5.41) is 0. The molecule has 0 aliphatic heterocycles. The van der Waals surface area contributed by atoms with Crippen LogP contribution >= 0.6 is 22.6 Å². The van der Waals surface area contributed by atoms with E-state index in [1.807, 2.05) is 0 Å². The SMILES string of the molecule is [2H]CC(I)(CCC)N=[B]. The standard InChI is InChI=1S/C5H10BIN/c1-3-4-5(2,7)8-6/h3-4H2,1-2H3/i2D. The van der Waals surface area contributed by atoms with Gasteiger partial charge in [-0.05, 0) is 0 Å². The van der Waals surface area contributed by atoms with Gasteiger partial charge in [0.2, 0.25) is 0 Å². The normalized spacial score (nSPS) is 18.9. The number of hydrogen-bond donors (Lipinski definition) is 0. The molecule has 0 aliphatic rings. The van der Waals surface area contributed by atoms with Crippen molar-refractivity contribution in [3.8, 4) is 0 Å². The molecular formula is C5H10BIN. The third-order valence-corrected chi connectivity index (χ3v) is 1.68. The first kappa shape index (κ1) is 6.71. The van der Waals surface area contributed by atoms with Gasteiger partial charge in [-0.15, -0.1) is 0 Å². The van der Waals surface area contributed by atoms with Crippen LogP contribution in [-0.4, -0.2) is 11.2 Å². The molecule has 0 N–H and O–H groups in total.